The summed E-state index contributed by atoms with van der Waals surface area (Å²) < 4.78 is 7.07. The molecule has 0 atom stereocenters. The Morgan fingerprint density at radius 2 is 1.87 bits per heavy atom. The molecule has 31 heavy (non-hydrogen) atoms. The molecule has 3 aromatic rings. The highest BCUT2D eigenvalue weighted by Gasteiger charge is 2.17. The third-order valence-electron chi connectivity index (χ3n) is 4.67. The van der Waals surface area contributed by atoms with Crippen LogP contribution in [0, 0.1) is 0 Å². The molecule has 0 saturated carbocycles. The Bertz CT molecular complexity index is 1140. The van der Waals surface area contributed by atoms with Crippen molar-refractivity contribution in [2.45, 2.75) is 25.9 Å². The maximum atomic E-state index is 13.3. The zero-order chi connectivity index (χ0) is 22.4. The molecule has 1 heterocycles. The molecule has 6 nitrogen and oxygen atoms in total. The van der Waals surface area contributed by atoms with Crippen molar-refractivity contribution in [2.24, 2.45) is 0 Å². The molecular formula is C24H27N3O3S. The molecule has 0 radical (unpaired) electrons. The van der Waals surface area contributed by atoms with Crippen molar-refractivity contribution in [3.63, 3.8) is 0 Å². The minimum Gasteiger partial charge on any atom is -0.494 e. The number of carbonyl (C=O) groups is 1. The molecule has 0 aliphatic rings. The Balaban J connectivity index is 1.99. The van der Waals surface area contributed by atoms with E-state index in [0.717, 1.165) is 11.3 Å². The molecule has 0 bridgehead atoms. The first-order chi connectivity index (χ1) is 14.9. The maximum absolute atomic E-state index is 13.3. The SMILES string of the molecule is C=C(C)CN(CC)C(=O)CSc1nc2ccccc2c(=O)n1-c1ccc(OCC)cc1. The number of aromatic nitrogens is 2. The molecule has 0 aliphatic heterocycles. The molecule has 1 amide bonds. The van der Waals surface area contributed by atoms with E-state index in [4.69, 9.17) is 9.72 Å². The minimum absolute atomic E-state index is 0.0175. The first-order valence-corrected chi connectivity index (χ1v) is 11.2. The van der Waals surface area contributed by atoms with Crippen LogP contribution in [0.25, 0.3) is 16.6 Å². The van der Waals surface area contributed by atoms with E-state index in [9.17, 15) is 9.59 Å². The monoisotopic (exact) mass is 437 g/mol. The van der Waals surface area contributed by atoms with Crippen LogP contribution in [0.5, 0.6) is 5.75 Å². The standard InChI is InChI=1S/C24H27N3O3S/c1-5-26(15-17(3)4)22(28)16-31-24-25-21-10-8-7-9-20(21)23(29)27(24)18-11-13-19(14-12-18)30-6-2/h7-14H,3,5-6,15-16H2,1-2,4H3. The van der Waals surface area contributed by atoms with Crippen molar-refractivity contribution in [1.29, 1.82) is 0 Å². The van der Waals surface area contributed by atoms with Gasteiger partial charge in [0.25, 0.3) is 5.56 Å². The summed E-state index contributed by atoms with van der Waals surface area (Å²) >= 11 is 1.26. The van der Waals surface area contributed by atoms with Gasteiger partial charge in [-0.2, -0.15) is 0 Å². The predicted octanol–water partition coefficient (Wildman–Crippen LogP) is 4.30. The van der Waals surface area contributed by atoms with Gasteiger partial charge in [-0.1, -0.05) is 36.0 Å². The number of benzene rings is 2. The van der Waals surface area contributed by atoms with Crippen molar-refractivity contribution in [3.05, 3.63) is 71.0 Å². The van der Waals surface area contributed by atoms with E-state index in [1.54, 1.807) is 15.5 Å². The molecule has 0 fully saturated rings. The van der Waals surface area contributed by atoms with Gasteiger partial charge in [-0.05, 0) is 57.2 Å². The number of thioether (sulfide) groups is 1. The molecule has 0 unspecified atom stereocenters. The number of carbonyl (C=O) groups excluding carboxylic acids is 1. The Kier molecular flexibility index (Phi) is 7.52. The van der Waals surface area contributed by atoms with Crippen LogP contribution in [0.1, 0.15) is 20.8 Å². The van der Waals surface area contributed by atoms with Crippen LogP contribution in [0.2, 0.25) is 0 Å². The van der Waals surface area contributed by atoms with Crippen molar-refractivity contribution in [2.75, 3.05) is 25.4 Å². The quantitative estimate of drug-likeness (QED) is 0.284. The lowest BCUT2D eigenvalue weighted by Gasteiger charge is -2.21. The van der Waals surface area contributed by atoms with Gasteiger partial charge < -0.3 is 9.64 Å². The van der Waals surface area contributed by atoms with Gasteiger partial charge in [-0.3, -0.25) is 14.2 Å². The Morgan fingerprint density at radius 1 is 1.16 bits per heavy atom. The van der Waals surface area contributed by atoms with E-state index in [1.807, 2.05) is 63.2 Å². The molecule has 0 saturated heterocycles. The van der Waals surface area contributed by atoms with E-state index >= 15 is 0 Å². The number of hydrogen-bond donors (Lipinski definition) is 0. The third-order valence-corrected chi connectivity index (χ3v) is 5.59. The van der Waals surface area contributed by atoms with Crippen LogP contribution < -0.4 is 10.3 Å². The van der Waals surface area contributed by atoms with E-state index in [1.165, 1.54) is 11.8 Å². The summed E-state index contributed by atoms with van der Waals surface area (Å²) in [6.07, 6.45) is 0. The molecule has 1 aromatic heterocycles. The zero-order valence-electron chi connectivity index (χ0n) is 18.1. The third kappa shape index (κ3) is 5.35. The Hall–Kier alpha value is -3.06. The number of para-hydroxylation sites is 1. The molecule has 7 heteroatoms. The second kappa shape index (κ2) is 10.3. The van der Waals surface area contributed by atoms with Gasteiger partial charge >= 0.3 is 0 Å². The summed E-state index contributed by atoms with van der Waals surface area (Å²) in [6.45, 7) is 11.3. The fourth-order valence-corrected chi connectivity index (χ4v) is 4.13. The maximum Gasteiger partial charge on any atom is 0.266 e. The second-order valence-electron chi connectivity index (χ2n) is 7.13. The molecular weight excluding hydrogens is 410 g/mol. The number of nitrogens with zero attached hydrogens (tertiary/aromatic N) is 3. The van der Waals surface area contributed by atoms with Crippen LogP contribution in [0.3, 0.4) is 0 Å². The first kappa shape index (κ1) is 22.6. The highest BCUT2D eigenvalue weighted by molar-refractivity contribution is 7.99. The normalized spacial score (nSPS) is 10.8. The van der Waals surface area contributed by atoms with Crippen molar-refractivity contribution < 1.29 is 9.53 Å². The largest absolute Gasteiger partial charge is 0.494 e. The highest BCUT2D eigenvalue weighted by Crippen LogP contribution is 2.23. The smallest absolute Gasteiger partial charge is 0.266 e. The van der Waals surface area contributed by atoms with Gasteiger partial charge in [0, 0.05) is 13.1 Å². The van der Waals surface area contributed by atoms with Crippen LogP contribution >= 0.6 is 11.8 Å². The van der Waals surface area contributed by atoms with E-state index in [0.29, 0.717) is 41.4 Å². The van der Waals surface area contributed by atoms with Gasteiger partial charge in [-0.25, -0.2) is 4.98 Å². The Morgan fingerprint density at radius 3 is 2.52 bits per heavy atom. The van der Waals surface area contributed by atoms with Gasteiger partial charge in [0.1, 0.15) is 5.75 Å². The number of fused-ring (bicyclic) bond motifs is 1. The summed E-state index contributed by atoms with van der Waals surface area (Å²) in [5, 5.41) is 1.01. The number of likely N-dealkylation sites (N-methyl/N-ethyl adjacent to an activating group) is 1. The first-order valence-electron chi connectivity index (χ1n) is 10.2. The van der Waals surface area contributed by atoms with Crippen molar-refractivity contribution >= 4 is 28.6 Å². The highest BCUT2D eigenvalue weighted by atomic mass is 32.2. The van der Waals surface area contributed by atoms with Crippen LogP contribution in [0.4, 0.5) is 0 Å². The van der Waals surface area contributed by atoms with Gasteiger partial charge in [-0.15, -0.1) is 0 Å². The number of hydrogen-bond acceptors (Lipinski definition) is 5. The van der Waals surface area contributed by atoms with E-state index < -0.39 is 0 Å². The lowest BCUT2D eigenvalue weighted by Crippen LogP contribution is -2.33. The van der Waals surface area contributed by atoms with Gasteiger partial charge in [0.2, 0.25) is 5.91 Å². The van der Waals surface area contributed by atoms with E-state index in [2.05, 4.69) is 6.58 Å². The van der Waals surface area contributed by atoms with Crippen molar-refractivity contribution in [1.82, 2.24) is 14.5 Å². The topological polar surface area (TPSA) is 64.4 Å². The lowest BCUT2D eigenvalue weighted by atomic mass is 10.2. The fraction of sp³-hybridized carbons (Fsp3) is 0.292. The van der Waals surface area contributed by atoms with E-state index in [-0.39, 0.29) is 17.2 Å². The average Bonchev–Trinajstić information content (AvgIpc) is 2.77. The number of rotatable bonds is 9. The predicted molar refractivity (Wildman–Crippen MR) is 126 cm³/mol. The number of amides is 1. The Labute approximate surface area is 186 Å². The summed E-state index contributed by atoms with van der Waals surface area (Å²) in [6, 6.07) is 14.5. The lowest BCUT2D eigenvalue weighted by molar-refractivity contribution is -0.127. The summed E-state index contributed by atoms with van der Waals surface area (Å²) in [7, 11) is 0. The molecule has 3 rings (SSSR count). The molecule has 162 valence electrons. The van der Waals surface area contributed by atoms with Gasteiger partial charge in [0.15, 0.2) is 5.16 Å². The van der Waals surface area contributed by atoms with Crippen LogP contribution in [-0.2, 0) is 4.79 Å². The van der Waals surface area contributed by atoms with Crippen LogP contribution in [-0.4, -0.2) is 45.8 Å². The zero-order valence-corrected chi connectivity index (χ0v) is 18.9. The van der Waals surface area contributed by atoms with Crippen LogP contribution in [0.15, 0.2) is 70.6 Å². The van der Waals surface area contributed by atoms with Crippen molar-refractivity contribution in [3.8, 4) is 11.4 Å². The van der Waals surface area contributed by atoms with Gasteiger partial charge in [0.05, 0.1) is 29.0 Å². The summed E-state index contributed by atoms with van der Waals surface area (Å²) in [4.78, 5) is 32.5. The second-order valence-corrected chi connectivity index (χ2v) is 8.08. The average molecular weight is 438 g/mol. The fourth-order valence-electron chi connectivity index (χ4n) is 3.21. The molecule has 0 spiro atoms. The molecule has 0 N–H and O–H groups in total. The molecule has 2 aromatic carbocycles. The summed E-state index contributed by atoms with van der Waals surface area (Å²) in [5.41, 5.74) is 2.05. The number of ether oxygens (including phenoxy) is 1. The molecule has 0 aliphatic carbocycles. The minimum atomic E-state index is -0.168. The summed E-state index contributed by atoms with van der Waals surface area (Å²) in [5.74, 6) is 0.898.